The Balaban J connectivity index is 1.86. The zero-order valence-corrected chi connectivity index (χ0v) is 26.1. The van der Waals surface area contributed by atoms with Crippen molar-refractivity contribution < 1.29 is 27.1 Å². The third kappa shape index (κ3) is 10.4. The molecule has 8 nitrogen and oxygen atoms in total. The second-order valence-electron chi connectivity index (χ2n) is 10.5. The van der Waals surface area contributed by atoms with Crippen LogP contribution < -0.4 is 14.4 Å². The number of carbonyl (C=O) groups is 2. The fourth-order valence-corrected chi connectivity index (χ4v) is 5.63. The highest BCUT2D eigenvalue weighted by molar-refractivity contribution is 7.92. The Labute approximate surface area is 254 Å². The lowest BCUT2D eigenvalue weighted by atomic mass is 10.0. The molecular formula is C33H42FN3O5S. The summed E-state index contributed by atoms with van der Waals surface area (Å²) in [5.41, 5.74) is 2.04. The number of halogens is 1. The standard InChI is InChI=1S/C33H42FN3O5S/c1-5-25(3)35-33(39)31(23-26-11-8-7-9-12-26)36(24-27-14-16-28(34)17-15-27)32(38)13-10-22-37(43(4,40)41)29-18-20-30(21-19-29)42-6-2/h7-9,11-12,14-21,25,31H,5-6,10,13,22-24H2,1-4H3,(H,35,39)/t25-,31-/m1/s1. The van der Waals surface area contributed by atoms with Crippen molar-refractivity contribution in [2.75, 3.05) is 23.7 Å². The molecule has 0 heterocycles. The molecule has 0 radical (unpaired) electrons. The molecule has 3 aromatic carbocycles. The van der Waals surface area contributed by atoms with Gasteiger partial charge in [0.15, 0.2) is 0 Å². The number of hydrogen-bond donors (Lipinski definition) is 1. The molecule has 0 unspecified atom stereocenters. The van der Waals surface area contributed by atoms with Gasteiger partial charge in [-0.1, -0.05) is 49.4 Å². The van der Waals surface area contributed by atoms with Gasteiger partial charge in [-0.25, -0.2) is 12.8 Å². The maximum atomic E-state index is 13.9. The van der Waals surface area contributed by atoms with Crippen LogP contribution in [0.5, 0.6) is 5.75 Å². The molecule has 0 fully saturated rings. The molecule has 3 aromatic rings. The molecule has 10 heteroatoms. The Morgan fingerprint density at radius 1 is 0.930 bits per heavy atom. The third-order valence-corrected chi connectivity index (χ3v) is 8.32. The van der Waals surface area contributed by atoms with Gasteiger partial charge in [0.25, 0.3) is 0 Å². The highest BCUT2D eigenvalue weighted by atomic mass is 32.2. The predicted molar refractivity (Wildman–Crippen MR) is 168 cm³/mol. The number of anilines is 1. The average molecular weight is 612 g/mol. The predicted octanol–water partition coefficient (Wildman–Crippen LogP) is 5.33. The molecule has 3 rings (SSSR count). The van der Waals surface area contributed by atoms with Crippen molar-refractivity contribution in [2.45, 2.75) is 65.1 Å². The molecule has 0 aliphatic carbocycles. The fraction of sp³-hybridized carbons (Fsp3) is 0.394. The highest BCUT2D eigenvalue weighted by Gasteiger charge is 2.31. The average Bonchev–Trinajstić information content (AvgIpc) is 2.98. The summed E-state index contributed by atoms with van der Waals surface area (Å²) in [5, 5.41) is 3.02. The molecule has 232 valence electrons. The minimum Gasteiger partial charge on any atom is -0.494 e. The maximum Gasteiger partial charge on any atom is 0.243 e. The smallest absolute Gasteiger partial charge is 0.243 e. The van der Waals surface area contributed by atoms with Crippen molar-refractivity contribution in [2.24, 2.45) is 0 Å². The molecule has 0 aromatic heterocycles. The molecule has 2 amide bonds. The lowest BCUT2D eigenvalue weighted by molar-refractivity contribution is -0.141. The van der Waals surface area contributed by atoms with Crippen LogP contribution in [0.15, 0.2) is 78.9 Å². The monoisotopic (exact) mass is 611 g/mol. The number of nitrogens with zero attached hydrogens (tertiary/aromatic N) is 2. The number of amides is 2. The van der Waals surface area contributed by atoms with Crippen molar-refractivity contribution in [1.82, 2.24) is 10.2 Å². The van der Waals surface area contributed by atoms with Gasteiger partial charge in [-0.05, 0) is 74.2 Å². The zero-order valence-electron chi connectivity index (χ0n) is 25.3. The van der Waals surface area contributed by atoms with Crippen LogP contribution in [-0.4, -0.2) is 56.6 Å². The van der Waals surface area contributed by atoms with Crippen molar-refractivity contribution in [1.29, 1.82) is 0 Å². The zero-order chi connectivity index (χ0) is 31.4. The third-order valence-electron chi connectivity index (χ3n) is 7.13. The number of ether oxygens (including phenoxy) is 1. The number of rotatable bonds is 16. The Morgan fingerprint density at radius 2 is 1.58 bits per heavy atom. The van der Waals surface area contributed by atoms with E-state index in [-0.39, 0.29) is 50.2 Å². The van der Waals surface area contributed by atoms with Crippen LogP contribution in [0.25, 0.3) is 0 Å². The summed E-state index contributed by atoms with van der Waals surface area (Å²) in [4.78, 5) is 29.0. The van der Waals surface area contributed by atoms with Crippen molar-refractivity contribution in [3.05, 3.63) is 95.8 Å². The molecule has 2 atom stereocenters. The van der Waals surface area contributed by atoms with E-state index in [0.717, 1.165) is 18.2 Å². The van der Waals surface area contributed by atoms with Gasteiger partial charge in [0.1, 0.15) is 17.6 Å². The van der Waals surface area contributed by atoms with Crippen molar-refractivity contribution in [3.63, 3.8) is 0 Å². The van der Waals surface area contributed by atoms with Gasteiger partial charge >= 0.3 is 0 Å². The number of benzene rings is 3. The van der Waals surface area contributed by atoms with Gasteiger partial charge in [-0.15, -0.1) is 0 Å². The van der Waals surface area contributed by atoms with Gasteiger partial charge in [0.2, 0.25) is 21.8 Å². The fourth-order valence-electron chi connectivity index (χ4n) is 4.66. The molecule has 0 spiro atoms. The number of hydrogen-bond acceptors (Lipinski definition) is 5. The van der Waals surface area contributed by atoms with E-state index >= 15 is 0 Å². The summed E-state index contributed by atoms with van der Waals surface area (Å²) in [6, 6.07) is 21.1. The van der Waals surface area contributed by atoms with E-state index in [9.17, 15) is 22.4 Å². The summed E-state index contributed by atoms with van der Waals surface area (Å²) in [7, 11) is -3.63. The molecular weight excluding hydrogens is 569 g/mol. The Morgan fingerprint density at radius 3 is 2.16 bits per heavy atom. The second-order valence-corrected chi connectivity index (χ2v) is 12.4. The first kappa shape index (κ1) is 33.6. The van der Waals surface area contributed by atoms with E-state index in [4.69, 9.17) is 4.74 Å². The summed E-state index contributed by atoms with van der Waals surface area (Å²) < 4.78 is 45.7. The van der Waals surface area contributed by atoms with Crippen LogP contribution in [-0.2, 0) is 32.6 Å². The van der Waals surface area contributed by atoms with Crippen LogP contribution in [0.2, 0.25) is 0 Å². The van der Waals surface area contributed by atoms with Gasteiger partial charge in [0.05, 0.1) is 18.6 Å². The summed E-state index contributed by atoms with van der Waals surface area (Å²) in [6.45, 7) is 6.41. The van der Waals surface area contributed by atoms with Crippen LogP contribution >= 0.6 is 0 Å². The van der Waals surface area contributed by atoms with Crippen LogP contribution in [0, 0.1) is 5.82 Å². The summed E-state index contributed by atoms with van der Waals surface area (Å²) in [5.74, 6) is -0.343. The Kier molecular flexibility index (Phi) is 12.5. The first-order chi connectivity index (χ1) is 20.5. The molecule has 0 bridgehead atoms. The second kappa shape index (κ2) is 16.1. The lowest BCUT2D eigenvalue weighted by Gasteiger charge is -2.32. The normalized spacial score (nSPS) is 12.7. The van der Waals surface area contributed by atoms with Crippen LogP contribution in [0.1, 0.15) is 51.2 Å². The lowest BCUT2D eigenvalue weighted by Crippen LogP contribution is -2.52. The Hall–Kier alpha value is -3.92. The van der Waals surface area contributed by atoms with Crippen LogP contribution in [0.3, 0.4) is 0 Å². The topological polar surface area (TPSA) is 96.0 Å². The van der Waals surface area contributed by atoms with Crippen molar-refractivity contribution in [3.8, 4) is 5.75 Å². The van der Waals surface area contributed by atoms with E-state index in [1.54, 1.807) is 36.4 Å². The van der Waals surface area contributed by atoms with Gasteiger partial charge in [-0.2, -0.15) is 0 Å². The molecule has 0 aliphatic heterocycles. The van der Waals surface area contributed by atoms with Gasteiger partial charge in [-0.3, -0.25) is 13.9 Å². The number of sulfonamides is 1. The number of carbonyl (C=O) groups excluding carboxylic acids is 2. The van der Waals surface area contributed by atoms with E-state index < -0.39 is 21.9 Å². The van der Waals surface area contributed by atoms with Gasteiger partial charge in [0, 0.05) is 32.0 Å². The largest absolute Gasteiger partial charge is 0.494 e. The van der Waals surface area contributed by atoms with Crippen LogP contribution in [0.4, 0.5) is 10.1 Å². The molecule has 0 saturated heterocycles. The SMILES string of the molecule is CCOc1ccc(N(CCCC(=O)N(Cc2ccc(F)cc2)[C@H](Cc2ccccc2)C(=O)N[C@H](C)CC)S(C)(=O)=O)cc1. The molecule has 1 N–H and O–H groups in total. The minimum atomic E-state index is -3.63. The van der Waals surface area contributed by atoms with Crippen molar-refractivity contribution >= 4 is 27.5 Å². The van der Waals surface area contributed by atoms with Gasteiger partial charge < -0.3 is 15.0 Å². The van der Waals surface area contributed by atoms with E-state index in [2.05, 4.69) is 5.32 Å². The minimum absolute atomic E-state index is 0.00610. The Bertz CT molecular complexity index is 1420. The highest BCUT2D eigenvalue weighted by Crippen LogP contribution is 2.23. The van der Waals surface area contributed by atoms with E-state index in [1.165, 1.54) is 21.3 Å². The summed E-state index contributed by atoms with van der Waals surface area (Å²) in [6.07, 6.45) is 2.37. The first-order valence-corrected chi connectivity index (χ1v) is 16.4. The van der Waals surface area contributed by atoms with E-state index in [1.807, 2.05) is 51.1 Å². The quantitative estimate of drug-likeness (QED) is 0.236. The molecule has 0 saturated carbocycles. The molecule has 0 aliphatic rings. The maximum absolute atomic E-state index is 13.9. The van der Waals surface area contributed by atoms with E-state index in [0.29, 0.717) is 23.6 Å². The first-order valence-electron chi connectivity index (χ1n) is 14.6. The molecule has 43 heavy (non-hydrogen) atoms. The summed E-state index contributed by atoms with van der Waals surface area (Å²) >= 11 is 0. The number of nitrogens with one attached hydrogen (secondary N) is 1.